The van der Waals surface area contributed by atoms with Crippen molar-refractivity contribution in [2.24, 2.45) is 4.99 Å². The molecule has 1 aromatic carbocycles. The fourth-order valence-corrected chi connectivity index (χ4v) is 2.51. The largest absolute Gasteiger partial charge is 0.496 e. The molecule has 0 saturated heterocycles. The van der Waals surface area contributed by atoms with Gasteiger partial charge in [-0.1, -0.05) is 18.2 Å². The minimum atomic E-state index is 0. The Morgan fingerprint density at radius 1 is 1.16 bits per heavy atom. The van der Waals surface area contributed by atoms with Crippen LogP contribution in [0.2, 0.25) is 0 Å². The minimum Gasteiger partial charge on any atom is -0.496 e. The molecule has 0 aliphatic carbocycles. The van der Waals surface area contributed by atoms with Crippen LogP contribution < -0.4 is 15.4 Å². The van der Waals surface area contributed by atoms with Crippen LogP contribution >= 0.6 is 35.7 Å². The first kappa shape index (κ1) is 21.7. The number of aliphatic imine (C=N–C) groups is 1. The number of hydrogen-bond acceptors (Lipinski definition) is 4. The molecule has 0 saturated carbocycles. The molecule has 138 valence electrons. The molecule has 2 aromatic rings. The summed E-state index contributed by atoms with van der Waals surface area (Å²) >= 11 is 1.81. The van der Waals surface area contributed by atoms with E-state index in [1.165, 1.54) is 0 Å². The number of halogens is 1. The molecule has 0 unspecified atom stereocenters. The van der Waals surface area contributed by atoms with Gasteiger partial charge in [-0.2, -0.15) is 11.8 Å². The lowest BCUT2D eigenvalue weighted by Crippen LogP contribution is -2.39. The fraction of sp³-hybridized carbons (Fsp3) is 0.389. The van der Waals surface area contributed by atoms with E-state index in [9.17, 15) is 0 Å². The third-order valence-electron chi connectivity index (χ3n) is 3.44. The SMILES string of the molecule is COc1ccccc1CN=C(NCCSC)NCCc1ccco1.I. The molecular weight excluding hydrogens is 449 g/mol. The molecule has 1 heterocycles. The quantitative estimate of drug-likeness (QED) is 0.252. The van der Waals surface area contributed by atoms with Crippen LogP contribution in [0.4, 0.5) is 0 Å². The van der Waals surface area contributed by atoms with Gasteiger partial charge in [0.25, 0.3) is 0 Å². The molecule has 0 aliphatic rings. The second-order valence-corrected chi connectivity index (χ2v) is 6.14. The van der Waals surface area contributed by atoms with E-state index in [1.807, 2.05) is 36.4 Å². The van der Waals surface area contributed by atoms with Crippen LogP contribution in [0.15, 0.2) is 52.1 Å². The van der Waals surface area contributed by atoms with E-state index in [0.717, 1.165) is 48.3 Å². The average molecular weight is 475 g/mol. The van der Waals surface area contributed by atoms with Gasteiger partial charge < -0.3 is 19.8 Å². The second-order valence-electron chi connectivity index (χ2n) is 5.15. The van der Waals surface area contributed by atoms with Gasteiger partial charge in [-0.05, 0) is 24.5 Å². The minimum absolute atomic E-state index is 0. The van der Waals surface area contributed by atoms with Crippen molar-refractivity contribution in [1.82, 2.24) is 10.6 Å². The van der Waals surface area contributed by atoms with Crippen molar-refractivity contribution in [1.29, 1.82) is 0 Å². The lowest BCUT2D eigenvalue weighted by atomic mass is 10.2. The molecule has 2 rings (SSSR count). The first-order chi connectivity index (χ1) is 11.8. The molecule has 0 aliphatic heterocycles. The van der Waals surface area contributed by atoms with E-state index in [4.69, 9.17) is 9.15 Å². The number of guanidine groups is 1. The zero-order chi connectivity index (χ0) is 17.0. The standard InChI is InChI=1S/C18H25N3O2S.HI/c1-22-17-8-4-3-6-15(17)14-21-18(20-11-13-24-2)19-10-9-16-7-5-12-23-16;/h3-8,12H,9-11,13-14H2,1-2H3,(H2,19,20,21);1H. The summed E-state index contributed by atoms with van der Waals surface area (Å²) in [6, 6.07) is 11.8. The summed E-state index contributed by atoms with van der Waals surface area (Å²) in [6.45, 7) is 2.21. The van der Waals surface area contributed by atoms with Crippen molar-refractivity contribution in [3.63, 3.8) is 0 Å². The number of para-hydroxylation sites is 1. The number of rotatable bonds is 9. The van der Waals surface area contributed by atoms with Crippen LogP contribution in [0.1, 0.15) is 11.3 Å². The molecule has 1 aromatic heterocycles. The van der Waals surface area contributed by atoms with Crippen molar-refractivity contribution in [2.45, 2.75) is 13.0 Å². The maximum absolute atomic E-state index is 5.38. The molecule has 0 amide bonds. The van der Waals surface area contributed by atoms with Crippen LogP contribution in [0.25, 0.3) is 0 Å². The number of nitrogens with zero attached hydrogens (tertiary/aromatic N) is 1. The summed E-state index contributed by atoms with van der Waals surface area (Å²) < 4.78 is 10.7. The van der Waals surface area contributed by atoms with E-state index in [1.54, 1.807) is 25.1 Å². The highest BCUT2D eigenvalue weighted by atomic mass is 127. The Labute approximate surface area is 171 Å². The van der Waals surface area contributed by atoms with Gasteiger partial charge in [0.05, 0.1) is 19.9 Å². The highest BCUT2D eigenvalue weighted by molar-refractivity contribution is 14.0. The van der Waals surface area contributed by atoms with Crippen LogP contribution in [0.3, 0.4) is 0 Å². The zero-order valence-corrected chi connectivity index (χ0v) is 17.8. The van der Waals surface area contributed by atoms with Gasteiger partial charge in [0, 0.05) is 30.8 Å². The Balaban J connectivity index is 0.00000312. The van der Waals surface area contributed by atoms with E-state index in [2.05, 4.69) is 21.9 Å². The summed E-state index contributed by atoms with van der Waals surface area (Å²) in [4.78, 5) is 4.67. The van der Waals surface area contributed by atoms with Crippen LogP contribution in [0.5, 0.6) is 5.75 Å². The third-order valence-corrected chi connectivity index (χ3v) is 4.05. The van der Waals surface area contributed by atoms with Crippen molar-refractivity contribution < 1.29 is 9.15 Å². The predicted molar refractivity (Wildman–Crippen MR) is 116 cm³/mol. The summed E-state index contributed by atoms with van der Waals surface area (Å²) in [7, 11) is 1.68. The van der Waals surface area contributed by atoms with Gasteiger partial charge >= 0.3 is 0 Å². The van der Waals surface area contributed by atoms with Crippen LogP contribution in [-0.4, -0.2) is 38.2 Å². The van der Waals surface area contributed by atoms with Crippen molar-refractivity contribution in [3.05, 3.63) is 54.0 Å². The zero-order valence-electron chi connectivity index (χ0n) is 14.7. The van der Waals surface area contributed by atoms with Crippen molar-refractivity contribution in [2.75, 3.05) is 32.2 Å². The first-order valence-corrected chi connectivity index (χ1v) is 9.38. The van der Waals surface area contributed by atoms with Crippen LogP contribution in [-0.2, 0) is 13.0 Å². The highest BCUT2D eigenvalue weighted by Crippen LogP contribution is 2.17. The monoisotopic (exact) mass is 475 g/mol. The summed E-state index contributed by atoms with van der Waals surface area (Å²) in [5.74, 6) is 3.67. The topological polar surface area (TPSA) is 58.8 Å². The lowest BCUT2D eigenvalue weighted by Gasteiger charge is -2.12. The van der Waals surface area contributed by atoms with Gasteiger partial charge in [-0.3, -0.25) is 0 Å². The maximum atomic E-state index is 5.38. The molecule has 0 radical (unpaired) electrons. The molecule has 0 fully saturated rings. The number of benzene rings is 1. The van der Waals surface area contributed by atoms with Gasteiger partial charge in [0.2, 0.25) is 0 Å². The van der Waals surface area contributed by atoms with E-state index < -0.39 is 0 Å². The Hall–Kier alpha value is -1.35. The number of methoxy groups -OCH3 is 1. The normalized spacial score (nSPS) is 10.9. The van der Waals surface area contributed by atoms with Crippen LogP contribution in [0, 0.1) is 0 Å². The summed E-state index contributed by atoms with van der Waals surface area (Å²) in [5, 5.41) is 6.71. The predicted octanol–water partition coefficient (Wildman–Crippen LogP) is 3.55. The second kappa shape index (κ2) is 12.9. The van der Waals surface area contributed by atoms with Crippen molar-refractivity contribution in [3.8, 4) is 5.75 Å². The van der Waals surface area contributed by atoms with Crippen molar-refractivity contribution >= 4 is 41.7 Å². The molecule has 2 N–H and O–H groups in total. The lowest BCUT2D eigenvalue weighted by molar-refractivity contribution is 0.410. The molecule has 0 spiro atoms. The van der Waals surface area contributed by atoms with Gasteiger partial charge in [-0.15, -0.1) is 24.0 Å². The molecule has 0 atom stereocenters. The number of ether oxygens (including phenoxy) is 1. The summed E-state index contributed by atoms with van der Waals surface area (Å²) in [6.07, 6.45) is 4.62. The van der Waals surface area contributed by atoms with Gasteiger partial charge in [0.1, 0.15) is 11.5 Å². The number of furan rings is 1. The molecular formula is C18H26IN3O2S. The third kappa shape index (κ3) is 8.04. The van der Waals surface area contributed by atoms with Gasteiger partial charge in [-0.25, -0.2) is 4.99 Å². The molecule has 0 bridgehead atoms. The Kier molecular flexibility index (Phi) is 11.2. The molecule has 5 nitrogen and oxygen atoms in total. The van der Waals surface area contributed by atoms with Gasteiger partial charge in [0.15, 0.2) is 5.96 Å². The van der Waals surface area contributed by atoms with E-state index in [-0.39, 0.29) is 24.0 Å². The first-order valence-electron chi connectivity index (χ1n) is 7.99. The Morgan fingerprint density at radius 2 is 1.96 bits per heavy atom. The van der Waals surface area contributed by atoms with E-state index in [0.29, 0.717) is 6.54 Å². The smallest absolute Gasteiger partial charge is 0.191 e. The molecule has 7 heteroatoms. The highest BCUT2D eigenvalue weighted by Gasteiger charge is 2.03. The van der Waals surface area contributed by atoms with E-state index >= 15 is 0 Å². The maximum Gasteiger partial charge on any atom is 0.191 e. The fourth-order valence-electron chi connectivity index (χ4n) is 2.20. The Bertz CT molecular complexity index is 621. The molecule has 25 heavy (non-hydrogen) atoms. The number of thioether (sulfide) groups is 1. The number of hydrogen-bond donors (Lipinski definition) is 2. The average Bonchev–Trinajstić information content (AvgIpc) is 3.13. The Morgan fingerprint density at radius 3 is 2.68 bits per heavy atom. The summed E-state index contributed by atoms with van der Waals surface area (Å²) in [5.41, 5.74) is 1.07. The number of nitrogens with one attached hydrogen (secondary N) is 2.